The van der Waals surface area contributed by atoms with Crippen molar-refractivity contribution in [2.75, 3.05) is 5.73 Å². The fourth-order valence-electron chi connectivity index (χ4n) is 1.47. The summed E-state index contributed by atoms with van der Waals surface area (Å²) in [4.78, 5) is 0.577. The Hall–Kier alpha value is -1.99. The zero-order valence-corrected chi connectivity index (χ0v) is 10.4. The van der Waals surface area contributed by atoms with E-state index < -0.39 is 0 Å². The lowest BCUT2D eigenvalue weighted by Crippen LogP contribution is -1.88. The zero-order valence-electron chi connectivity index (χ0n) is 9.56. The molecule has 0 bridgehead atoms. The highest BCUT2D eigenvalue weighted by Gasteiger charge is 2.03. The first-order valence-corrected chi connectivity index (χ1v) is 6.34. The number of nitrogen functional groups attached to an aromatic ring is 1. The maximum absolute atomic E-state index is 13.5. The average Bonchev–Trinajstić information content (AvgIpc) is 2.38. The minimum absolute atomic E-state index is 0.298. The normalized spacial score (nSPS) is 10.0. The Labute approximate surface area is 109 Å². The molecule has 2 rings (SSSR count). The van der Waals surface area contributed by atoms with Gasteiger partial charge in [0.25, 0.3) is 0 Å². The van der Waals surface area contributed by atoms with Gasteiger partial charge in [-0.2, -0.15) is 5.26 Å². The number of halogens is 1. The molecule has 2 N–H and O–H groups in total. The van der Waals surface area contributed by atoms with Crippen LogP contribution in [0.2, 0.25) is 0 Å². The van der Waals surface area contributed by atoms with Gasteiger partial charge in [0.05, 0.1) is 11.6 Å². The van der Waals surface area contributed by atoms with E-state index in [1.54, 1.807) is 24.3 Å². The van der Waals surface area contributed by atoms with Gasteiger partial charge in [-0.25, -0.2) is 4.39 Å². The van der Waals surface area contributed by atoms with E-state index in [1.807, 2.05) is 12.1 Å². The van der Waals surface area contributed by atoms with Gasteiger partial charge in [-0.15, -0.1) is 11.8 Å². The molecule has 0 unspecified atom stereocenters. The first-order chi connectivity index (χ1) is 8.69. The first kappa shape index (κ1) is 12.5. The summed E-state index contributed by atoms with van der Waals surface area (Å²) in [6.45, 7) is 0. The maximum atomic E-state index is 13.5. The quantitative estimate of drug-likeness (QED) is 0.676. The third-order valence-corrected chi connectivity index (χ3v) is 3.55. The number of nitrogens with two attached hydrogens (primary N) is 1. The molecule has 0 amide bonds. The second-order valence-corrected chi connectivity index (χ2v) is 4.80. The highest BCUT2D eigenvalue weighted by molar-refractivity contribution is 7.98. The summed E-state index contributed by atoms with van der Waals surface area (Å²) in [5.41, 5.74) is 7.59. The van der Waals surface area contributed by atoms with Gasteiger partial charge in [-0.05, 0) is 35.9 Å². The molecule has 4 heteroatoms. The fraction of sp³-hybridized carbons (Fsp3) is 0.0714. The fourth-order valence-corrected chi connectivity index (χ4v) is 2.35. The van der Waals surface area contributed by atoms with Crippen molar-refractivity contribution in [3.05, 3.63) is 59.4 Å². The molecule has 0 heterocycles. The zero-order chi connectivity index (χ0) is 13.0. The number of hydrogen-bond donors (Lipinski definition) is 1. The predicted octanol–water partition coefficient (Wildman–Crippen LogP) is 3.57. The van der Waals surface area contributed by atoms with E-state index in [0.29, 0.717) is 21.9 Å². The summed E-state index contributed by atoms with van der Waals surface area (Å²) >= 11 is 1.41. The number of rotatable bonds is 3. The summed E-state index contributed by atoms with van der Waals surface area (Å²) < 4.78 is 13.5. The predicted molar refractivity (Wildman–Crippen MR) is 71.5 cm³/mol. The van der Waals surface area contributed by atoms with E-state index in [-0.39, 0.29) is 5.82 Å². The Morgan fingerprint density at radius 3 is 2.50 bits per heavy atom. The monoisotopic (exact) mass is 258 g/mol. The van der Waals surface area contributed by atoms with Crippen LogP contribution in [0.4, 0.5) is 10.1 Å². The van der Waals surface area contributed by atoms with Crippen molar-refractivity contribution < 1.29 is 4.39 Å². The van der Waals surface area contributed by atoms with E-state index in [0.717, 1.165) is 5.56 Å². The van der Waals surface area contributed by atoms with E-state index in [9.17, 15) is 4.39 Å². The van der Waals surface area contributed by atoms with Gasteiger partial charge < -0.3 is 5.73 Å². The molecule has 90 valence electrons. The van der Waals surface area contributed by atoms with E-state index in [2.05, 4.69) is 6.07 Å². The topological polar surface area (TPSA) is 49.8 Å². The lowest BCUT2D eigenvalue weighted by atomic mass is 10.2. The largest absolute Gasteiger partial charge is 0.399 e. The Kier molecular flexibility index (Phi) is 3.85. The third-order valence-electron chi connectivity index (χ3n) is 2.43. The maximum Gasteiger partial charge on any atom is 0.138 e. The molecule has 0 aliphatic carbocycles. The van der Waals surface area contributed by atoms with Crippen LogP contribution >= 0.6 is 11.8 Å². The molecular weight excluding hydrogens is 247 g/mol. The van der Waals surface area contributed by atoms with Crippen molar-refractivity contribution in [3.8, 4) is 6.07 Å². The van der Waals surface area contributed by atoms with Crippen LogP contribution in [0.25, 0.3) is 0 Å². The molecule has 0 saturated carbocycles. The molecule has 0 radical (unpaired) electrons. The van der Waals surface area contributed by atoms with Crippen molar-refractivity contribution in [2.24, 2.45) is 0 Å². The smallest absolute Gasteiger partial charge is 0.138 e. The van der Waals surface area contributed by atoms with Crippen LogP contribution in [0.15, 0.2) is 47.4 Å². The van der Waals surface area contributed by atoms with Gasteiger partial charge in [-0.3, -0.25) is 0 Å². The van der Waals surface area contributed by atoms with Crippen LogP contribution in [-0.4, -0.2) is 0 Å². The minimum atomic E-state index is -0.298. The third kappa shape index (κ3) is 3.02. The van der Waals surface area contributed by atoms with Crippen molar-refractivity contribution >= 4 is 17.4 Å². The Balaban J connectivity index is 2.04. The van der Waals surface area contributed by atoms with Crippen molar-refractivity contribution in [1.82, 2.24) is 0 Å². The lowest BCUT2D eigenvalue weighted by molar-refractivity contribution is 0.603. The summed E-state index contributed by atoms with van der Waals surface area (Å²) in [5, 5.41) is 8.68. The summed E-state index contributed by atoms with van der Waals surface area (Å²) in [6, 6.07) is 14.0. The molecule has 0 aromatic heterocycles. The van der Waals surface area contributed by atoms with Crippen LogP contribution in [-0.2, 0) is 5.75 Å². The minimum Gasteiger partial charge on any atom is -0.399 e. The van der Waals surface area contributed by atoms with Gasteiger partial charge in [0.15, 0.2) is 0 Å². The SMILES string of the molecule is N#Cc1ccc(CSc2ccc(N)cc2F)cc1. The van der Waals surface area contributed by atoms with Gasteiger partial charge in [0.2, 0.25) is 0 Å². The van der Waals surface area contributed by atoms with Crippen LogP contribution in [0.3, 0.4) is 0 Å². The van der Waals surface area contributed by atoms with Crippen molar-refractivity contribution in [1.29, 1.82) is 5.26 Å². The molecule has 0 saturated heterocycles. The number of benzene rings is 2. The molecule has 0 aliphatic heterocycles. The Morgan fingerprint density at radius 2 is 1.89 bits per heavy atom. The number of thioether (sulfide) groups is 1. The Bertz CT molecular complexity index is 588. The molecule has 0 aliphatic rings. The molecule has 0 fully saturated rings. The van der Waals surface area contributed by atoms with Gasteiger partial charge >= 0.3 is 0 Å². The molecule has 0 spiro atoms. The van der Waals surface area contributed by atoms with E-state index in [4.69, 9.17) is 11.0 Å². The summed E-state index contributed by atoms with van der Waals surface area (Å²) in [6.07, 6.45) is 0. The summed E-state index contributed by atoms with van der Waals surface area (Å²) in [7, 11) is 0. The first-order valence-electron chi connectivity index (χ1n) is 5.36. The van der Waals surface area contributed by atoms with E-state index >= 15 is 0 Å². The van der Waals surface area contributed by atoms with Crippen LogP contribution in [0.1, 0.15) is 11.1 Å². The van der Waals surface area contributed by atoms with Gasteiger partial charge in [0.1, 0.15) is 5.82 Å². The lowest BCUT2D eigenvalue weighted by Gasteiger charge is -2.04. The molecule has 2 aromatic rings. The Morgan fingerprint density at radius 1 is 1.17 bits per heavy atom. The highest BCUT2D eigenvalue weighted by Crippen LogP contribution is 2.26. The average molecular weight is 258 g/mol. The second-order valence-electron chi connectivity index (χ2n) is 3.79. The van der Waals surface area contributed by atoms with Crippen LogP contribution < -0.4 is 5.73 Å². The van der Waals surface area contributed by atoms with Crippen molar-refractivity contribution in [3.63, 3.8) is 0 Å². The second kappa shape index (κ2) is 5.56. The van der Waals surface area contributed by atoms with E-state index in [1.165, 1.54) is 17.8 Å². The van der Waals surface area contributed by atoms with Crippen molar-refractivity contribution in [2.45, 2.75) is 10.6 Å². The number of anilines is 1. The van der Waals surface area contributed by atoms with Gasteiger partial charge in [-0.1, -0.05) is 12.1 Å². The molecule has 2 aromatic carbocycles. The highest BCUT2D eigenvalue weighted by atomic mass is 32.2. The number of nitriles is 1. The molecule has 2 nitrogen and oxygen atoms in total. The summed E-state index contributed by atoms with van der Waals surface area (Å²) in [5.74, 6) is 0.362. The molecular formula is C14H11FN2S. The number of nitrogens with zero attached hydrogens (tertiary/aromatic N) is 1. The molecule has 0 atom stereocenters. The molecule has 18 heavy (non-hydrogen) atoms. The number of hydrogen-bond acceptors (Lipinski definition) is 3. The van der Waals surface area contributed by atoms with Crippen LogP contribution in [0.5, 0.6) is 0 Å². The van der Waals surface area contributed by atoms with Gasteiger partial charge in [0, 0.05) is 16.3 Å². The van der Waals surface area contributed by atoms with Crippen LogP contribution in [0, 0.1) is 17.1 Å². The standard InChI is InChI=1S/C14H11FN2S/c15-13-7-12(17)5-6-14(13)18-9-11-3-1-10(8-16)2-4-11/h1-7H,9,17H2.